The molecular weight excluding hydrogens is 292 g/mol. The highest BCUT2D eigenvalue weighted by molar-refractivity contribution is 7.13. The van der Waals surface area contributed by atoms with Gasteiger partial charge in [-0.2, -0.15) is 0 Å². The molecule has 0 saturated carbocycles. The van der Waals surface area contributed by atoms with Gasteiger partial charge in [-0.15, -0.1) is 11.3 Å². The first-order chi connectivity index (χ1) is 9.97. The molecule has 2 rings (SSSR count). The predicted molar refractivity (Wildman–Crippen MR) is 78.2 cm³/mol. The second-order valence-electron chi connectivity index (χ2n) is 5.05. The van der Waals surface area contributed by atoms with E-state index in [9.17, 15) is 9.59 Å². The molecule has 1 amide bonds. The number of nitrogens with zero attached hydrogens (tertiary/aromatic N) is 1. The minimum Gasteiger partial charge on any atom is -0.480 e. The Balaban J connectivity index is 2.07. The standard InChI is InChI=1S/C14H16N2O4S/c1-8(2)6-10(14(18)19)15-13(17)9-7-11(20-16-9)12-4-3-5-21-12/h3-5,7-8,10H,6H2,1-2H3,(H,15,17)(H,18,19)/t10-/m1/s1. The Bertz CT molecular complexity index is 619. The minimum absolute atomic E-state index is 0.0772. The van der Waals surface area contributed by atoms with Crippen molar-refractivity contribution in [3.05, 3.63) is 29.3 Å². The molecule has 0 saturated heterocycles. The molecule has 2 heterocycles. The molecular formula is C14H16N2O4S. The maximum absolute atomic E-state index is 12.0. The zero-order chi connectivity index (χ0) is 15.4. The van der Waals surface area contributed by atoms with Crippen LogP contribution < -0.4 is 5.32 Å². The number of aromatic nitrogens is 1. The van der Waals surface area contributed by atoms with Gasteiger partial charge >= 0.3 is 5.97 Å². The lowest BCUT2D eigenvalue weighted by Crippen LogP contribution is -2.41. The van der Waals surface area contributed by atoms with E-state index in [4.69, 9.17) is 9.63 Å². The molecule has 2 aromatic heterocycles. The van der Waals surface area contributed by atoms with Crippen LogP contribution >= 0.6 is 11.3 Å². The number of carboxylic acid groups (broad SMARTS) is 1. The van der Waals surface area contributed by atoms with Crippen LogP contribution in [-0.4, -0.2) is 28.2 Å². The van der Waals surface area contributed by atoms with Crippen molar-refractivity contribution < 1.29 is 19.2 Å². The van der Waals surface area contributed by atoms with Gasteiger partial charge in [0, 0.05) is 6.07 Å². The van der Waals surface area contributed by atoms with Gasteiger partial charge in [-0.1, -0.05) is 25.1 Å². The largest absolute Gasteiger partial charge is 0.480 e. The molecule has 0 aliphatic carbocycles. The maximum atomic E-state index is 12.0. The summed E-state index contributed by atoms with van der Waals surface area (Å²) in [5.41, 5.74) is 0.0772. The van der Waals surface area contributed by atoms with Crippen molar-refractivity contribution in [1.29, 1.82) is 0 Å². The quantitative estimate of drug-likeness (QED) is 0.855. The highest BCUT2D eigenvalue weighted by atomic mass is 32.1. The zero-order valence-corrected chi connectivity index (χ0v) is 12.5. The average Bonchev–Trinajstić information content (AvgIpc) is 3.08. The van der Waals surface area contributed by atoms with E-state index in [0.717, 1.165) is 4.88 Å². The van der Waals surface area contributed by atoms with E-state index < -0.39 is 17.9 Å². The lowest BCUT2D eigenvalue weighted by atomic mass is 10.0. The first-order valence-corrected chi connectivity index (χ1v) is 7.39. The van der Waals surface area contributed by atoms with Crippen LogP contribution in [0.1, 0.15) is 30.8 Å². The first kappa shape index (κ1) is 15.2. The fourth-order valence-corrected chi connectivity index (χ4v) is 2.52. The fraction of sp³-hybridized carbons (Fsp3) is 0.357. The van der Waals surface area contributed by atoms with Crippen LogP contribution in [0.3, 0.4) is 0 Å². The topological polar surface area (TPSA) is 92.4 Å². The third-order valence-corrected chi connectivity index (χ3v) is 3.70. The van der Waals surface area contributed by atoms with Crippen LogP contribution in [0, 0.1) is 5.92 Å². The van der Waals surface area contributed by atoms with Gasteiger partial charge in [-0.3, -0.25) is 4.79 Å². The lowest BCUT2D eigenvalue weighted by molar-refractivity contribution is -0.139. The molecule has 1 atom stereocenters. The van der Waals surface area contributed by atoms with Crippen molar-refractivity contribution in [2.75, 3.05) is 0 Å². The summed E-state index contributed by atoms with van der Waals surface area (Å²) in [6.07, 6.45) is 0.358. The van der Waals surface area contributed by atoms with E-state index in [1.807, 2.05) is 31.4 Å². The molecule has 2 N–H and O–H groups in total. The number of hydrogen-bond donors (Lipinski definition) is 2. The summed E-state index contributed by atoms with van der Waals surface area (Å²) >= 11 is 1.47. The normalized spacial score (nSPS) is 12.3. The number of hydrogen-bond acceptors (Lipinski definition) is 5. The van der Waals surface area contributed by atoms with Crippen LogP contribution in [0.2, 0.25) is 0 Å². The summed E-state index contributed by atoms with van der Waals surface area (Å²) in [6, 6.07) is 4.30. The van der Waals surface area contributed by atoms with Crippen LogP contribution in [0.25, 0.3) is 10.6 Å². The summed E-state index contributed by atoms with van der Waals surface area (Å²) in [4.78, 5) is 24.0. The number of carbonyl (C=O) groups excluding carboxylic acids is 1. The molecule has 0 fully saturated rings. The van der Waals surface area contributed by atoms with E-state index in [2.05, 4.69) is 10.5 Å². The first-order valence-electron chi connectivity index (χ1n) is 6.51. The summed E-state index contributed by atoms with van der Waals surface area (Å²) in [7, 11) is 0. The Morgan fingerprint density at radius 1 is 1.48 bits per heavy atom. The van der Waals surface area contributed by atoms with E-state index in [1.165, 1.54) is 17.4 Å². The van der Waals surface area contributed by atoms with E-state index in [0.29, 0.717) is 12.2 Å². The number of thiophene rings is 1. The van der Waals surface area contributed by atoms with Crippen LogP contribution in [0.15, 0.2) is 28.1 Å². The molecule has 21 heavy (non-hydrogen) atoms. The molecule has 6 nitrogen and oxygen atoms in total. The Labute approximate surface area is 125 Å². The summed E-state index contributed by atoms with van der Waals surface area (Å²) in [5.74, 6) is -0.954. The van der Waals surface area contributed by atoms with E-state index in [-0.39, 0.29) is 11.6 Å². The number of nitrogens with one attached hydrogen (secondary N) is 1. The molecule has 2 aromatic rings. The third kappa shape index (κ3) is 3.91. The van der Waals surface area contributed by atoms with Crippen molar-refractivity contribution in [3.8, 4) is 10.6 Å². The van der Waals surface area contributed by atoms with Gasteiger partial charge in [-0.05, 0) is 23.8 Å². The zero-order valence-electron chi connectivity index (χ0n) is 11.7. The molecule has 7 heteroatoms. The van der Waals surface area contributed by atoms with Crippen molar-refractivity contribution in [2.45, 2.75) is 26.3 Å². The molecule has 112 valence electrons. The second kappa shape index (κ2) is 6.53. The van der Waals surface area contributed by atoms with Gasteiger partial charge in [0.15, 0.2) is 11.5 Å². The SMILES string of the molecule is CC(C)C[C@@H](NC(=O)c1cc(-c2cccs2)on1)C(=O)O. The van der Waals surface area contributed by atoms with Crippen molar-refractivity contribution >= 4 is 23.2 Å². The minimum atomic E-state index is -1.06. The van der Waals surface area contributed by atoms with Crippen molar-refractivity contribution in [1.82, 2.24) is 10.5 Å². The van der Waals surface area contributed by atoms with Gasteiger partial charge in [0.1, 0.15) is 6.04 Å². The van der Waals surface area contributed by atoms with Gasteiger partial charge in [0.05, 0.1) is 4.88 Å². The summed E-state index contributed by atoms with van der Waals surface area (Å²) in [5, 5.41) is 17.2. The van der Waals surface area contributed by atoms with Gasteiger partial charge in [0.2, 0.25) is 0 Å². The van der Waals surface area contributed by atoms with Crippen molar-refractivity contribution in [2.24, 2.45) is 5.92 Å². The highest BCUT2D eigenvalue weighted by Gasteiger charge is 2.23. The molecule has 0 aliphatic rings. The number of rotatable bonds is 6. The Hall–Kier alpha value is -2.15. The summed E-state index contributed by atoms with van der Waals surface area (Å²) < 4.78 is 5.11. The van der Waals surface area contributed by atoms with Crippen molar-refractivity contribution in [3.63, 3.8) is 0 Å². The lowest BCUT2D eigenvalue weighted by Gasteiger charge is -2.15. The monoisotopic (exact) mass is 308 g/mol. The molecule has 0 aliphatic heterocycles. The highest BCUT2D eigenvalue weighted by Crippen LogP contribution is 2.25. The smallest absolute Gasteiger partial charge is 0.326 e. The number of carbonyl (C=O) groups is 2. The maximum Gasteiger partial charge on any atom is 0.326 e. The van der Waals surface area contributed by atoms with Gasteiger partial charge in [0.25, 0.3) is 5.91 Å². The summed E-state index contributed by atoms with van der Waals surface area (Å²) in [6.45, 7) is 3.79. The van der Waals surface area contributed by atoms with Crippen LogP contribution in [-0.2, 0) is 4.79 Å². The van der Waals surface area contributed by atoms with Gasteiger partial charge < -0.3 is 14.9 Å². The molecule has 0 radical (unpaired) electrons. The molecule has 0 aromatic carbocycles. The number of aliphatic carboxylic acids is 1. The Morgan fingerprint density at radius 2 is 2.24 bits per heavy atom. The number of amides is 1. The third-order valence-electron chi connectivity index (χ3n) is 2.82. The van der Waals surface area contributed by atoms with Crippen LogP contribution in [0.4, 0.5) is 0 Å². The van der Waals surface area contributed by atoms with E-state index >= 15 is 0 Å². The van der Waals surface area contributed by atoms with Gasteiger partial charge in [-0.25, -0.2) is 4.79 Å². The Morgan fingerprint density at radius 3 is 2.81 bits per heavy atom. The fourth-order valence-electron chi connectivity index (χ4n) is 1.84. The molecule has 0 spiro atoms. The Kier molecular flexibility index (Phi) is 4.74. The molecule has 0 unspecified atom stereocenters. The van der Waals surface area contributed by atoms with Crippen LogP contribution in [0.5, 0.6) is 0 Å². The number of carboxylic acids is 1. The predicted octanol–water partition coefficient (Wildman–Crippen LogP) is 2.63. The average molecular weight is 308 g/mol. The molecule has 0 bridgehead atoms. The second-order valence-corrected chi connectivity index (χ2v) is 6.00. The van der Waals surface area contributed by atoms with E-state index in [1.54, 1.807) is 0 Å².